The van der Waals surface area contributed by atoms with Gasteiger partial charge in [0.2, 0.25) is 5.75 Å². The molecule has 2 rings (SSSR count). The van der Waals surface area contributed by atoms with Crippen molar-refractivity contribution in [3.8, 4) is 11.5 Å². The van der Waals surface area contributed by atoms with Gasteiger partial charge in [0.15, 0.2) is 0 Å². The Hall–Kier alpha value is -2.60. The van der Waals surface area contributed by atoms with Gasteiger partial charge in [-0.3, -0.25) is 10.1 Å². The Morgan fingerprint density at radius 2 is 1.90 bits per heavy atom. The number of nitro benzene ring substituents is 1. The van der Waals surface area contributed by atoms with Crippen molar-refractivity contribution in [1.82, 2.24) is 0 Å². The van der Waals surface area contributed by atoms with E-state index in [1.54, 1.807) is 24.3 Å². The monoisotopic (exact) mass is 293 g/mol. The summed E-state index contributed by atoms with van der Waals surface area (Å²) in [5.74, 6) is -1.08. The fourth-order valence-electron chi connectivity index (χ4n) is 1.53. The van der Waals surface area contributed by atoms with Crippen molar-refractivity contribution in [3.63, 3.8) is 0 Å². The summed E-state index contributed by atoms with van der Waals surface area (Å²) >= 11 is 5.90. The van der Waals surface area contributed by atoms with E-state index in [9.17, 15) is 14.9 Å². The summed E-state index contributed by atoms with van der Waals surface area (Å²) in [6.45, 7) is 0. The summed E-state index contributed by atoms with van der Waals surface area (Å²) in [6, 6.07) is 9.88. The number of ether oxygens (including phenoxy) is 1. The predicted octanol–water partition coefficient (Wildman–Crippen LogP) is 3.74. The highest BCUT2D eigenvalue weighted by Crippen LogP contribution is 2.35. The topological polar surface area (TPSA) is 89.7 Å². The maximum Gasteiger partial charge on any atom is 0.335 e. The van der Waals surface area contributed by atoms with E-state index in [0.717, 1.165) is 6.07 Å². The summed E-state index contributed by atoms with van der Waals surface area (Å²) < 4.78 is 5.37. The van der Waals surface area contributed by atoms with Crippen molar-refractivity contribution in [1.29, 1.82) is 0 Å². The van der Waals surface area contributed by atoms with Gasteiger partial charge in [0, 0.05) is 6.07 Å². The Balaban J connectivity index is 2.44. The Labute approximate surface area is 118 Å². The normalized spacial score (nSPS) is 10.1. The first kappa shape index (κ1) is 13.8. The minimum Gasteiger partial charge on any atom is -0.478 e. The zero-order valence-corrected chi connectivity index (χ0v) is 10.7. The van der Waals surface area contributed by atoms with E-state index in [1.165, 1.54) is 12.1 Å². The lowest BCUT2D eigenvalue weighted by molar-refractivity contribution is -0.385. The van der Waals surface area contributed by atoms with Gasteiger partial charge in [0.25, 0.3) is 0 Å². The van der Waals surface area contributed by atoms with Gasteiger partial charge in [-0.05, 0) is 24.3 Å². The van der Waals surface area contributed by atoms with E-state index in [1.807, 2.05) is 0 Å². The molecule has 0 spiro atoms. The van der Waals surface area contributed by atoms with Crippen molar-refractivity contribution in [3.05, 3.63) is 63.2 Å². The average molecular weight is 294 g/mol. The molecule has 0 aliphatic carbocycles. The van der Waals surface area contributed by atoms with Crippen LogP contribution < -0.4 is 4.74 Å². The van der Waals surface area contributed by atoms with Crippen LogP contribution >= 0.6 is 11.6 Å². The molecule has 6 nitrogen and oxygen atoms in total. The summed E-state index contributed by atoms with van der Waals surface area (Å²) in [5, 5.41) is 20.1. The molecular formula is C13H8ClNO5. The SMILES string of the molecule is O=C(O)c1ccc(Oc2ccccc2Cl)c([N+](=O)[O-])c1. The number of para-hydroxylation sites is 1. The third kappa shape index (κ3) is 2.86. The lowest BCUT2D eigenvalue weighted by Crippen LogP contribution is -2.00. The van der Waals surface area contributed by atoms with Gasteiger partial charge in [-0.1, -0.05) is 23.7 Å². The minimum atomic E-state index is -1.25. The predicted molar refractivity (Wildman–Crippen MR) is 71.6 cm³/mol. The first-order chi connectivity index (χ1) is 9.49. The molecule has 0 fully saturated rings. The lowest BCUT2D eigenvalue weighted by Gasteiger charge is -2.08. The highest BCUT2D eigenvalue weighted by atomic mass is 35.5. The zero-order valence-electron chi connectivity index (χ0n) is 9.95. The maximum absolute atomic E-state index is 11.0. The Kier molecular flexibility index (Phi) is 3.86. The van der Waals surface area contributed by atoms with Crippen LogP contribution in [0.5, 0.6) is 11.5 Å². The molecular weight excluding hydrogens is 286 g/mol. The van der Waals surface area contributed by atoms with Gasteiger partial charge >= 0.3 is 11.7 Å². The number of rotatable bonds is 4. The fourth-order valence-corrected chi connectivity index (χ4v) is 1.70. The van der Waals surface area contributed by atoms with Crippen LogP contribution in [0.15, 0.2) is 42.5 Å². The van der Waals surface area contributed by atoms with E-state index in [0.29, 0.717) is 5.02 Å². The number of nitro groups is 1. The van der Waals surface area contributed by atoms with Crippen molar-refractivity contribution in [2.75, 3.05) is 0 Å². The minimum absolute atomic E-state index is 0.0758. The van der Waals surface area contributed by atoms with Crippen LogP contribution in [0.1, 0.15) is 10.4 Å². The Morgan fingerprint density at radius 3 is 2.50 bits per heavy atom. The number of carboxylic acid groups (broad SMARTS) is 1. The van der Waals surface area contributed by atoms with Crippen LogP contribution in [0.25, 0.3) is 0 Å². The molecule has 0 radical (unpaired) electrons. The molecule has 102 valence electrons. The molecule has 1 N–H and O–H groups in total. The molecule has 0 amide bonds. The number of halogens is 1. The van der Waals surface area contributed by atoms with E-state index in [2.05, 4.69) is 0 Å². The molecule has 20 heavy (non-hydrogen) atoms. The molecule has 7 heteroatoms. The molecule has 0 unspecified atom stereocenters. The standard InChI is InChI=1S/C13H8ClNO5/c14-9-3-1-2-4-11(9)20-12-6-5-8(13(16)17)7-10(12)15(18)19/h1-7H,(H,16,17). The molecule has 0 atom stereocenters. The summed E-state index contributed by atoms with van der Waals surface area (Å²) in [5.41, 5.74) is -0.631. The van der Waals surface area contributed by atoms with Crippen molar-refractivity contribution in [2.24, 2.45) is 0 Å². The molecule has 0 aliphatic rings. The number of benzene rings is 2. The fraction of sp³-hybridized carbons (Fsp3) is 0. The van der Waals surface area contributed by atoms with Gasteiger partial charge in [-0.2, -0.15) is 0 Å². The number of carbonyl (C=O) groups is 1. The third-order valence-corrected chi connectivity index (χ3v) is 2.77. The summed E-state index contributed by atoms with van der Waals surface area (Å²) in [4.78, 5) is 21.1. The summed E-state index contributed by atoms with van der Waals surface area (Å²) in [7, 11) is 0. The van der Waals surface area contributed by atoms with E-state index < -0.39 is 16.6 Å². The number of aromatic carboxylic acids is 1. The molecule has 2 aromatic carbocycles. The molecule has 0 heterocycles. The van der Waals surface area contributed by atoms with Crippen LogP contribution in [-0.2, 0) is 0 Å². The molecule has 0 aliphatic heterocycles. The zero-order chi connectivity index (χ0) is 14.7. The highest BCUT2D eigenvalue weighted by molar-refractivity contribution is 6.32. The van der Waals surface area contributed by atoms with Gasteiger partial charge < -0.3 is 9.84 Å². The molecule has 0 aromatic heterocycles. The van der Waals surface area contributed by atoms with Gasteiger partial charge in [-0.15, -0.1) is 0 Å². The molecule has 0 saturated heterocycles. The van der Waals surface area contributed by atoms with Crippen LogP contribution in [0.3, 0.4) is 0 Å². The van der Waals surface area contributed by atoms with Crippen LogP contribution in [0.4, 0.5) is 5.69 Å². The van der Waals surface area contributed by atoms with Crippen molar-refractivity contribution >= 4 is 23.3 Å². The van der Waals surface area contributed by atoms with E-state index >= 15 is 0 Å². The van der Waals surface area contributed by atoms with E-state index in [4.69, 9.17) is 21.4 Å². The van der Waals surface area contributed by atoms with Crippen LogP contribution in [0.2, 0.25) is 5.02 Å². The second-order valence-corrected chi connectivity index (χ2v) is 4.18. The Morgan fingerprint density at radius 1 is 1.20 bits per heavy atom. The third-order valence-electron chi connectivity index (χ3n) is 2.46. The van der Waals surface area contributed by atoms with E-state index in [-0.39, 0.29) is 17.1 Å². The second kappa shape index (κ2) is 5.58. The quantitative estimate of drug-likeness (QED) is 0.685. The average Bonchev–Trinajstić information content (AvgIpc) is 2.41. The molecule has 0 bridgehead atoms. The lowest BCUT2D eigenvalue weighted by atomic mass is 10.2. The number of carboxylic acids is 1. The number of hydrogen-bond acceptors (Lipinski definition) is 4. The largest absolute Gasteiger partial charge is 0.478 e. The van der Waals surface area contributed by atoms with Crippen LogP contribution in [-0.4, -0.2) is 16.0 Å². The second-order valence-electron chi connectivity index (χ2n) is 3.78. The first-order valence-corrected chi connectivity index (χ1v) is 5.81. The van der Waals surface area contributed by atoms with Gasteiger partial charge in [-0.25, -0.2) is 4.79 Å². The number of nitrogens with zero attached hydrogens (tertiary/aromatic N) is 1. The summed E-state index contributed by atoms with van der Waals surface area (Å²) in [6.07, 6.45) is 0. The maximum atomic E-state index is 11.0. The van der Waals surface area contributed by atoms with Crippen molar-refractivity contribution < 1.29 is 19.6 Å². The highest BCUT2D eigenvalue weighted by Gasteiger charge is 2.19. The molecule has 0 saturated carbocycles. The smallest absolute Gasteiger partial charge is 0.335 e. The van der Waals surface area contributed by atoms with Crippen LogP contribution in [0, 0.1) is 10.1 Å². The first-order valence-electron chi connectivity index (χ1n) is 5.43. The van der Waals surface area contributed by atoms with Gasteiger partial charge in [0.05, 0.1) is 15.5 Å². The van der Waals surface area contributed by atoms with Gasteiger partial charge in [0.1, 0.15) is 5.75 Å². The Bertz CT molecular complexity index is 686. The number of hydrogen-bond donors (Lipinski definition) is 1. The molecule has 2 aromatic rings. The van der Waals surface area contributed by atoms with Crippen molar-refractivity contribution in [2.45, 2.75) is 0 Å².